The Balaban J connectivity index is 1.98. The van der Waals surface area contributed by atoms with Crippen molar-refractivity contribution in [2.24, 2.45) is 5.92 Å². The van der Waals surface area contributed by atoms with Gasteiger partial charge < -0.3 is 9.63 Å². The highest BCUT2D eigenvalue weighted by Crippen LogP contribution is 2.44. The molecule has 0 aliphatic rings. The number of ether oxygens (including phenoxy) is 1. The highest BCUT2D eigenvalue weighted by atomic mass is 31.2. The van der Waals surface area contributed by atoms with Crippen LogP contribution in [0.2, 0.25) is 0 Å². The van der Waals surface area contributed by atoms with E-state index in [2.05, 4.69) is 49.9 Å². The van der Waals surface area contributed by atoms with E-state index in [9.17, 15) is 9.46 Å². The van der Waals surface area contributed by atoms with Crippen molar-refractivity contribution in [3.05, 3.63) is 30.1 Å². The summed E-state index contributed by atoms with van der Waals surface area (Å²) in [5.74, 6) is 0.120. The first-order valence-electron chi connectivity index (χ1n) is 17.7. The number of aryl methyl sites for hydroxylation is 2. The maximum atomic E-state index is 12.3. The zero-order valence-corrected chi connectivity index (χ0v) is 28.6. The molecule has 2 atom stereocenters. The van der Waals surface area contributed by atoms with Gasteiger partial charge in [0.05, 0.1) is 19.8 Å². The first-order chi connectivity index (χ1) is 20.5. The van der Waals surface area contributed by atoms with Gasteiger partial charge in [-0.15, -0.1) is 0 Å². The fourth-order valence-corrected chi connectivity index (χ4v) is 6.14. The molecular weight excluding hydrogens is 545 g/mol. The van der Waals surface area contributed by atoms with E-state index in [1.165, 1.54) is 89.0 Å². The Kier molecular flexibility index (Phi) is 25.9. The Morgan fingerprint density at radius 2 is 1.19 bits per heavy atom. The molecule has 0 aliphatic heterocycles. The number of aromatic nitrogens is 1. The number of hydrogen-bond acceptors (Lipinski definition) is 4. The SMILES string of the molecule is CCCCCCCCCCCCCCCCOCC(CCC)COP(=O)(O)OCCCCCC[n+]1ccc(CC)cc1. The van der Waals surface area contributed by atoms with Gasteiger partial charge >= 0.3 is 7.82 Å². The molecule has 0 bridgehead atoms. The van der Waals surface area contributed by atoms with Crippen LogP contribution in [-0.2, 0) is 31.3 Å². The van der Waals surface area contributed by atoms with E-state index < -0.39 is 7.82 Å². The molecule has 1 aromatic heterocycles. The number of pyridine rings is 1. The molecular formula is C35H67NO5P+. The normalized spacial score (nSPS) is 13.8. The maximum Gasteiger partial charge on any atom is 0.472 e. The summed E-state index contributed by atoms with van der Waals surface area (Å²) in [6, 6.07) is 4.34. The largest absolute Gasteiger partial charge is 0.472 e. The molecule has 0 aromatic carbocycles. The fourth-order valence-electron chi connectivity index (χ4n) is 5.31. The van der Waals surface area contributed by atoms with E-state index in [-0.39, 0.29) is 19.1 Å². The van der Waals surface area contributed by atoms with E-state index >= 15 is 0 Å². The molecule has 1 aromatic rings. The topological polar surface area (TPSA) is 68.9 Å². The van der Waals surface area contributed by atoms with E-state index in [1.54, 1.807) is 0 Å². The average molecular weight is 613 g/mol. The summed E-state index contributed by atoms with van der Waals surface area (Å²) in [7, 11) is -4.02. The number of rotatable bonds is 31. The van der Waals surface area contributed by atoms with E-state index in [4.69, 9.17) is 13.8 Å². The minimum absolute atomic E-state index is 0.120. The summed E-state index contributed by atoms with van der Waals surface area (Å²) < 4.78 is 31.0. The van der Waals surface area contributed by atoms with Crippen LogP contribution in [0.1, 0.15) is 155 Å². The van der Waals surface area contributed by atoms with Crippen LogP contribution < -0.4 is 4.57 Å². The van der Waals surface area contributed by atoms with Gasteiger partial charge in [-0.25, -0.2) is 9.13 Å². The molecule has 0 saturated carbocycles. The van der Waals surface area contributed by atoms with Crippen molar-refractivity contribution in [3.63, 3.8) is 0 Å². The molecule has 42 heavy (non-hydrogen) atoms. The zero-order valence-electron chi connectivity index (χ0n) is 27.7. The smallest absolute Gasteiger partial charge is 0.381 e. The number of nitrogens with zero attached hydrogens (tertiary/aromatic N) is 1. The van der Waals surface area contributed by atoms with Gasteiger partial charge in [0.15, 0.2) is 12.4 Å². The summed E-state index contributed by atoms with van der Waals surface area (Å²) in [5, 5.41) is 0. The predicted octanol–water partition coefficient (Wildman–Crippen LogP) is 10.1. The molecule has 0 saturated heterocycles. The van der Waals surface area contributed by atoms with Crippen molar-refractivity contribution >= 4 is 7.82 Å². The lowest BCUT2D eigenvalue weighted by atomic mass is 10.0. The summed E-state index contributed by atoms with van der Waals surface area (Å²) in [6.45, 7) is 9.34. The van der Waals surface area contributed by atoms with Crippen LogP contribution in [0.3, 0.4) is 0 Å². The molecule has 0 amide bonds. The molecule has 0 fully saturated rings. The maximum absolute atomic E-state index is 12.3. The Hall–Kier alpha value is -0.780. The minimum atomic E-state index is -4.02. The van der Waals surface area contributed by atoms with Crippen molar-refractivity contribution < 1.29 is 27.8 Å². The van der Waals surface area contributed by atoms with Crippen LogP contribution in [0.4, 0.5) is 0 Å². The van der Waals surface area contributed by atoms with Gasteiger partial charge in [-0.3, -0.25) is 9.05 Å². The predicted molar refractivity (Wildman–Crippen MR) is 176 cm³/mol. The van der Waals surface area contributed by atoms with Crippen molar-refractivity contribution in [1.29, 1.82) is 0 Å². The summed E-state index contributed by atoms with van der Waals surface area (Å²) in [6.07, 6.45) is 30.0. The monoisotopic (exact) mass is 612 g/mol. The molecule has 7 heteroatoms. The minimum Gasteiger partial charge on any atom is -0.381 e. The Morgan fingerprint density at radius 3 is 1.74 bits per heavy atom. The molecule has 2 unspecified atom stereocenters. The first-order valence-corrected chi connectivity index (χ1v) is 19.2. The van der Waals surface area contributed by atoms with Crippen molar-refractivity contribution in [3.8, 4) is 0 Å². The third-order valence-corrected chi connectivity index (χ3v) is 9.08. The first kappa shape index (κ1) is 39.2. The van der Waals surface area contributed by atoms with Gasteiger partial charge in [0.2, 0.25) is 0 Å². The lowest BCUT2D eigenvalue weighted by Gasteiger charge is -2.19. The quantitative estimate of drug-likeness (QED) is 0.0513. The van der Waals surface area contributed by atoms with Gasteiger partial charge in [0.1, 0.15) is 6.54 Å². The molecule has 0 spiro atoms. The van der Waals surface area contributed by atoms with Crippen LogP contribution in [0.25, 0.3) is 0 Å². The second-order valence-corrected chi connectivity index (χ2v) is 13.6. The molecule has 0 aliphatic carbocycles. The Labute approximate surface area is 259 Å². The standard InChI is InChI=1S/C35H66NO5P/c1-4-7-8-9-10-11-12-13-14-15-16-17-19-22-30-39-32-35(24-5-2)33-41-42(37,38)40-31-23-20-18-21-27-36-28-25-34(6-3)26-29-36/h25-26,28-29,35H,4-24,27,30-33H2,1-3H3/p+1. The highest BCUT2D eigenvalue weighted by molar-refractivity contribution is 7.47. The van der Waals surface area contributed by atoms with Gasteiger partial charge in [0, 0.05) is 31.1 Å². The van der Waals surface area contributed by atoms with E-state index in [0.717, 1.165) is 64.5 Å². The molecule has 1 heterocycles. The lowest BCUT2D eigenvalue weighted by Crippen LogP contribution is -2.32. The fraction of sp³-hybridized carbons (Fsp3) is 0.857. The van der Waals surface area contributed by atoms with Crippen LogP contribution in [0, 0.1) is 5.92 Å². The second-order valence-electron chi connectivity index (χ2n) is 12.1. The number of hydrogen-bond donors (Lipinski definition) is 1. The number of phosphoric ester groups is 1. The number of unbranched alkanes of at least 4 members (excludes halogenated alkanes) is 16. The van der Waals surface area contributed by atoms with Crippen molar-refractivity contribution in [2.45, 2.75) is 162 Å². The van der Waals surface area contributed by atoms with Crippen LogP contribution in [-0.4, -0.2) is 31.3 Å². The zero-order chi connectivity index (χ0) is 30.6. The van der Waals surface area contributed by atoms with Gasteiger partial charge in [-0.05, 0) is 37.7 Å². The summed E-state index contributed by atoms with van der Waals surface area (Å²) in [4.78, 5) is 10.1. The molecule has 246 valence electrons. The van der Waals surface area contributed by atoms with Crippen LogP contribution in [0.15, 0.2) is 24.5 Å². The third-order valence-electron chi connectivity index (χ3n) is 8.10. The third kappa shape index (κ3) is 23.6. The molecule has 6 nitrogen and oxygen atoms in total. The molecule has 1 rings (SSSR count). The van der Waals surface area contributed by atoms with E-state index in [1.807, 2.05) is 0 Å². The lowest BCUT2D eigenvalue weighted by molar-refractivity contribution is -0.697. The van der Waals surface area contributed by atoms with Crippen molar-refractivity contribution in [1.82, 2.24) is 0 Å². The molecule has 1 N–H and O–H groups in total. The summed E-state index contributed by atoms with van der Waals surface area (Å²) >= 11 is 0. The van der Waals surface area contributed by atoms with Crippen molar-refractivity contribution in [2.75, 3.05) is 26.4 Å². The Morgan fingerprint density at radius 1 is 0.667 bits per heavy atom. The highest BCUT2D eigenvalue weighted by Gasteiger charge is 2.23. The van der Waals surface area contributed by atoms with Crippen LogP contribution in [0.5, 0.6) is 0 Å². The number of phosphoric acid groups is 1. The van der Waals surface area contributed by atoms with E-state index in [0.29, 0.717) is 6.61 Å². The molecule has 0 radical (unpaired) electrons. The average Bonchev–Trinajstić information content (AvgIpc) is 2.99. The second kappa shape index (κ2) is 27.7. The van der Waals surface area contributed by atoms with Gasteiger partial charge in [-0.2, -0.15) is 0 Å². The van der Waals surface area contributed by atoms with Gasteiger partial charge in [0.25, 0.3) is 0 Å². The van der Waals surface area contributed by atoms with Crippen LogP contribution >= 0.6 is 7.82 Å². The Bertz CT molecular complexity index is 760. The summed E-state index contributed by atoms with van der Waals surface area (Å²) in [5.41, 5.74) is 1.35. The van der Waals surface area contributed by atoms with Gasteiger partial charge in [-0.1, -0.05) is 117 Å².